The molecule has 7 aromatic rings. The first kappa shape index (κ1) is 110. The molecule has 7 heterocycles. The number of unbranched alkanes of at least 4 members (excludes halogenated alkanes) is 9. The Morgan fingerprint density at radius 2 is 0.763 bits per heavy atom. The normalized spacial score (nSPS) is 21.3. The Morgan fingerprint density at radius 3 is 1.10 bits per heavy atom. The number of piperazine rings is 3. The lowest BCUT2D eigenvalue weighted by molar-refractivity contribution is -0.941. The van der Waals surface area contributed by atoms with E-state index in [1.165, 1.54) is 61.6 Å². The number of aliphatic hydroxyl groups is 3. The van der Waals surface area contributed by atoms with Crippen molar-refractivity contribution in [2.24, 2.45) is 16.2 Å². The highest BCUT2D eigenvalue weighted by atomic mass is 32.2. The summed E-state index contributed by atoms with van der Waals surface area (Å²) in [5.74, 6) is -2.12. The average molecular weight is 1870 g/mol. The highest BCUT2D eigenvalue weighted by Crippen LogP contribution is 2.54. The zero-order valence-electron chi connectivity index (χ0n) is 78.7. The molecule has 6 aliphatic heterocycles. The van der Waals surface area contributed by atoms with Crippen molar-refractivity contribution in [2.45, 2.75) is 269 Å². The number of nitrogens with zero attached hydrogens (tertiary/aromatic N) is 7. The van der Waals surface area contributed by atoms with Crippen LogP contribution >= 0.6 is 0 Å². The number of ether oxygens (including phenoxy) is 2. The molecule has 6 aromatic carbocycles. The molecular weight excluding hydrogens is 1710 g/mol. The second-order valence-corrected chi connectivity index (χ2v) is 43.9. The third-order valence-corrected chi connectivity index (χ3v) is 34.0. The molecule has 0 amide bonds. The van der Waals surface area contributed by atoms with E-state index in [4.69, 9.17) is 19.7 Å². The smallest absolute Gasteiger partial charge is 0.317 e. The van der Waals surface area contributed by atoms with E-state index in [0.717, 1.165) is 135 Å². The van der Waals surface area contributed by atoms with E-state index >= 15 is 0 Å². The fourth-order valence-electron chi connectivity index (χ4n) is 20.6. The van der Waals surface area contributed by atoms with Crippen LogP contribution < -0.4 is 28.7 Å². The van der Waals surface area contributed by atoms with Crippen LogP contribution in [-0.2, 0) is 45.6 Å². The van der Waals surface area contributed by atoms with Gasteiger partial charge < -0.3 is 54.2 Å². The number of hydrogen-bond donors (Lipinski definition) is 5. The summed E-state index contributed by atoms with van der Waals surface area (Å²) in [6, 6.07) is 46.7. The van der Waals surface area contributed by atoms with Crippen molar-refractivity contribution in [2.75, 3.05) is 153 Å². The minimum absolute atomic E-state index is 0. The van der Waals surface area contributed by atoms with E-state index in [-0.39, 0.29) is 52.6 Å². The third-order valence-electron chi connectivity index (χ3n) is 28.0. The zero-order chi connectivity index (χ0) is 92.6. The summed E-state index contributed by atoms with van der Waals surface area (Å²) in [5, 5.41) is 55.1. The lowest BCUT2D eigenvalue weighted by Gasteiger charge is -2.50. The van der Waals surface area contributed by atoms with Crippen LogP contribution in [0.15, 0.2) is 173 Å². The van der Waals surface area contributed by atoms with Gasteiger partial charge in [0, 0.05) is 131 Å². The van der Waals surface area contributed by atoms with Crippen LogP contribution in [0.3, 0.4) is 0 Å². The van der Waals surface area contributed by atoms with E-state index in [1.54, 1.807) is 18.2 Å². The number of aromatic nitrogens is 1. The van der Waals surface area contributed by atoms with Gasteiger partial charge in [-0.1, -0.05) is 189 Å². The first-order valence-electron chi connectivity index (χ1n) is 47.5. The largest absolute Gasteiger partial charge is 0.494 e. The van der Waals surface area contributed by atoms with Crippen LogP contribution in [-0.4, -0.2) is 234 Å². The van der Waals surface area contributed by atoms with Crippen LogP contribution in [0.5, 0.6) is 11.5 Å². The average Bonchev–Trinajstić information content (AvgIpc) is 1.61. The van der Waals surface area contributed by atoms with E-state index in [1.807, 2.05) is 179 Å². The molecule has 25 heteroatoms. The van der Waals surface area contributed by atoms with Crippen LogP contribution in [0.25, 0.3) is 0 Å². The fraction of sp³-hybridized carbons (Fsp3) is 0.594. The number of aliphatic hydroxyl groups excluding tert-OH is 3. The molecule has 6 aliphatic rings. The highest BCUT2D eigenvalue weighted by molar-refractivity contribution is 7.92. The van der Waals surface area contributed by atoms with Crippen molar-refractivity contribution in [3.05, 3.63) is 197 Å². The topological polar surface area (TPSA) is 276 Å². The van der Waals surface area contributed by atoms with Gasteiger partial charge in [0.1, 0.15) is 11.5 Å². The van der Waals surface area contributed by atoms with Crippen LogP contribution in [0.4, 0.5) is 17.1 Å². The molecule has 13 rings (SSSR count). The Morgan fingerprint density at radius 1 is 0.420 bits per heavy atom. The number of carboxylic acids is 2. The predicted octanol–water partition coefficient (Wildman–Crippen LogP) is 18.8. The molecular formula is C106H163N7O15S3+2. The maximum atomic E-state index is 14.1. The van der Waals surface area contributed by atoms with Crippen LogP contribution in [0, 0.1) is 16.2 Å². The summed E-state index contributed by atoms with van der Waals surface area (Å²) in [4.78, 5) is 32.9. The molecule has 0 spiro atoms. The van der Waals surface area contributed by atoms with Crippen molar-refractivity contribution in [1.29, 1.82) is 0 Å². The predicted molar refractivity (Wildman–Crippen MR) is 534 cm³/mol. The first-order chi connectivity index (χ1) is 61.2. The molecule has 6 atom stereocenters. The number of quaternary nitrogens is 1. The number of anilines is 3. The van der Waals surface area contributed by atoms with Crippen LogP contribution in [0.1, 0.15) is 268 Å². The number of fused-ring (bicyclic) bond motifs is 6. The van der Waals surface area contributed by atoms with Gasteiger partial charge in [0.2, 0.25) is 0 Å². The summed E-state index contributed by atoms with van der Waals surface area (Å²) in [6.07, 6.45) is 20.9. The van der Waals surface area contributed by atoms with E-state index in [9.17, 15) is 50.2 Å². The van der Waals surface area contributed by atoms with Gasteiger partial charge in [-0.05, 0) is 195 Å². The summed E-state index contributed by atoms with van der Waals surface area (Å²) in [6.45, 7) is 23.2. The van der Waals surface area contributed by atoms with Gasteiger partial charge in [-0.3, -0.25) is 19.4 Å². The molecule has 0 saturated carbocycles. The summed E-state index contributed by atoms with van der Waals surface area (Å²) >= 11 is 0. The molecule has 0 unspecified atom stereocenters. The van der Waals surface area contributed by atoms with Crippen molar-refractivity contribution >= 4 is 58.5 Å². The first-order valence-corrected chi connectivity index (χ1v) is 52.5. The second kappa shape index (κ2) is 50.6. The second-order valence-electron chi connectivity index (χ2n) is 38.1. The minimum atomic E-state index is -3.67. The van der Waals surface area contributed by atoms with E-state index in [0.29, 0.717) is 115 Å². The molecule has 5 N–H and O–H groups in total. The maximum Gasteiger partial charge on any atom is 0.317 e. The van der Waals surface area contributed by atoms with Gasteiger partial charge in [0.05, 0.1) is 103 Å². The number of rotatable bonds is 43. The molecule has 0 radical (unpaired) electrons. The molecule has 728 valence electrons. The Balaban J connectivity index is 0.000000267. The summed E-state index contributed by atoms with van der Waals surface area (Å²) in [5.41, 5.74) is 6.48. The zero-order valence-corrected chi connectivity index (χ0v) is 81.2. The SMILES string of the molecule is C.C.C.CCCCC1(CCCC)CS(=O)(=O)c2ccc(N(C)C)cc2[C@@H](c2ccc(OCCCCCN(CC(=O)O)CC(=O)O)cc2)[C@H]1O.CCCCC1(CCCC)CS(=O)(=O)c2ccc(N(C)C)cc2[C@@H](c2ccc(OCCCC[N+]34CCN(CC3)CC4)cc2)[C@H]1O.CCCCC1(CCCC)CS(=O)(=O)c2ccc(N(C)C)cc2[C@@H](c2cccc(C[n+]3ccccc3)c2)[C@H]1O. The molecule has 2 bridgehead atoms. The van der Waals surface area contributed by atoms with Crippen molar-refractivity contribution in [3.8, 4) is 11.5 Å². The highest BCUT2D eigenvalue weighted by Gasteiger charge is 2.53. The summed E-state index contributed by atoms with van der Waals surface area (Å²) < 4.78 is 99.8. The lowest BCUT2D eigenvalue weighted by Crippen LogP contribution is -2.67. The standard InChI is InChI=1S/C36H56N3O4S.C35H52N2O8S.C32H43N2O3S.3CH4/c1-5-7-17-36(18-8-6-2)28-44(41,42)33-16-13-30(37(3)4)27-32(33)34(35(36)40)29-11-14-31(15-12-29)43-26-10-9-22-39-23-19-38(20-24-39)21-25-39;1-5-7-18-35(19-8-6-2)25-46(43,44)30-17-14-27(36(3)4)22-29(30)33(34(35)42)26-12-15-28(16-13-26)45-21-11-9-10-20-37(23-31(38)39)24-32(40)41;1-5-7-17-32(18-8-6-2)24-38(36,37)29-16-15-27(33(3)4)22-28(29)30(31(32)35)26-14-12-13-25(21-26)23-34-19-10-9-11-20-34;;;/h11-16,27,34-35,40H,5-10,17-26,28H2,1-4H3;12-17,22,33-34,42H,5-11,18-21,23-25H2,1-4H3,(H,38,39)(H,40,41);9-16,19-22,30-31,35H,5-8,17-18,23-24H2,1-4H3;3*1H4/q+1;;+1;;;/t34-,35-;33-,34-;30-,31-;;;/m111.../s1. The molecule has 3 saturated heterocycles. The number of benzene rings is 6. The van der Waals surface area contributed by atoms with Gasteiger partial charge in [-0.15, -0.1) is 0 Å². The number of hydrogen-bond acceptors (Lipinski definition) is 18. The molecule has 22 nitrogen and oxygen atoms in total. The van der Waals surface area contributed by atoms with Gasteiger partial charge in [-0.2, -0.15) is 0 Å². The Labute approximate surface area is 788 Å². The molecule has 131 heavy (non-hydrogen) atoms. The third kappa shape index (κ3) is 28.3. The van der Waals surface area contributed by atoms with Gasteiger partial charge >= 0.3 is 11.9 Å². The van der Waals surface area contributed by atoms with Crippen molar-refractivity contribution in [3.63, 3.8) is 0 Å². The molecule has 0 aliphatic carbocycles. The van der Waals surface area contributed by atoms with Gasteiger partial charge in [-0.25, -0.2) is 29.8 Å². The Hall–Kier alpha value is -7.98. The lowest BCUT2D eigenvalue weighted by atomic mass is 9.68. The number of aliphatic carboxylic acids is 2. The van der Waals surface area contributed by atoms with E-state index in [2.05, 4.69) is 69.2 Å². The fourth-order valence-corrected chi connectivity index (χ4v) is 27.1. The Kier molecular flexibility index (Phi) is 42.5. The quantitative estimate of drug-likeness (QED) is 0.0135. The van der Waals surface area contributed by atoms with Crippen molar-refractivity contribution < 1.29 is 78.9 Å². The molecule has 1 aromatic heterocycles. The molecule has 3 fully saturated rings. The van der Waals surface area contributed by atoms with E-state index < -0.39 is 93.8 Å². The van der Waals surface area contributed by atoms with Gasteiger partial charge in [0.25, 0.3) is 0 Å². The maximum absolute atomic E-state index is 14.1. The Bertz CT molecular complexity index is 4990. The summed E-state index contributed by atoms with van der Waals surface area (Å²) in [7, 11) is 0.801. The number of carbonyl (C=O) groups is 2. The number of pyridine rings is 1. The van der Waals surface area contributed by atoms with Gasteiger partial charge in [0.15, 0.2) is 48.5 Å². The number of carboxylic acid groups (broad SMARTS) is 2. The van der Waals surface area contributed by atoms with Crippen molar-refractivity contribution in [1.82, 2.24) is 9.80 Å². The van der Waals surface area contributed by atoms with Crippen LogP contribution in [0.2, 0.25) is 0 Å². The minimum Gasteiger partial charge on any atom is -0.494 e. The monoisotopic (exact) mass is 1870 g/mol. The number of sulfone groups is 3.